The minimum absolute atomic E-state index is 0.00306. The molecule has 1 N–H and O–H groups in total. The van der Waals surface area contributed by atoms with E-state index in [-0.39, 0.29) is 47.8 Å². The van der Waals surface area contributed by atoms with Crippen molar-refractivity contribution in [3.8, 4) is 17.2 Å². The van der Waals surface area contributed by atoms with E-state index < -0.39 is 0 Å². The molecular formula is C56H62N4O7S2. The predicted octanol–water partition coefficient (Wildman–Crippen LogP) is 11.3. The average Bonchev–Trinajstić information content (AvgIpc) is 3.84. The molecular weight excluding hydrogens is 905 g/mol. The van der Waals surface area contributed by atoms with E-state index in [0.717, 1.165) is 77.2 Å². The molecule has 69 heavy (non-hydrogen) atoms. The van der Waals surface area contributed by atoms with Gasteiger partial charge in [-0.05, 0) is 141 Å². The van der Waals surface area contributed by atoms with Crippen molar-refractivity contribution in [2.45, 2.75) is 116 Å². The van der Waals surface area contributed by atoms with Crippen molar-refractivity contribution in [2.24, 2.45) is 0 Å². The van der Waals surface area contributed by atoms with Crippen molar-refractivity contribution in [3.63, 3.8) is 0 Å². The molecule has 0 saturated carbocycles. The Labute approximate surface area is 414 Å². The topological polar surface area (TPSA) is 118 Å². The summed E-state index contributed by atoms with van der Waals surface area (Å²) in [6, 6.07) is 30.0. The van der Waals surface area contributed by atoms with E-state index >= 15 is 0 Å². The lowest BCUT2D eigenvalue weighted by molar-refractivity contribution is -0.119. The van der Waals surface area contributed by atoms with E-state index in [2.05, 4.69) is 36.2 Å². The van der Waals surface area contributed by atoms with Crippen molar-refractivity contribution >= 4 is 67.8 Å². The Kier molecular flexibility index (Phi) is 14.4. The van der Waals surface area contributed by atoms with Gasteiger partial charge in [-0.25, -0.2) is 0 Å². The van der Waals surface area contributed by atoms with E-state index in [1.807, 2.05) is 110 Å². The zero-order valence-corrected chi connectivity index (χ0v) is 42.2. The number of ketones is 1. The minimum atomic E-state index is -0.144. The number of rotatable bonds is 18. The van der Waals surface area contributed by atoms with E-state index in [1.54, 1.807) is 28.7 Å². The summed E-state index contributed by atoms with van der Waals surface area (Å²) in [7, 11) is 7.14. The fourth-order valence-electron chi connectivity index (χ4n) is 10.2. The summed E-state index contributed by atoms with van der Waals surface area (Å²) in [5.41, 5.74) is 10.5. The number of fused-ring (bicyclic) bond motifs is 8. The molecule has 4 aliphatic heterocycles. The van der Waals surface area contributed by atoms with E-state index in [9.17, 15) is 19.2 Å². The summed E-state index contributed by atoms with van der Waals surface area (Å²) in [6.07, 6.45) is 6.28. The highest BCUT2D eigenvalue weighted by Gasteiger charge is 2.40. The number of hydrogen-bond acceptors (Lipinski definition) is 10. The lowest BCUT2D eigenvalue weighted by atomic mass is 9.99. The van der Waals surface area contributed by atoms with Crippen molar-refractivity contribution in [2.75, 3.05) is 46.5 Å². The molecule has 360 valence electrons. The summed E-state index contributed by atoms with van der Waals surface area (Å²) < 4.78 is 18.9. The van der Waals surface area contributed by atoms with E-state index in [1.165, 1.54) is 11.1 Å². The number of hydrogen-bond donors (Lipinski definition) is 1. The minimum Gasteiger partial charge on any atom is -0.493 e. The molecule has 0 unspecified atom stereocenters. The molecule has 9 rings (SSSR count). The van der Waals surface area contributed by atoms with Crippen LogP contribution in [0.25, 0.3) is 0 Å². The van der Waals surface area contributed by atoms with Crippen LogP contribution in [-0.4, -0.2) is 66.8 Å². The molecule has 13 heteroatoms. The van der Waals surface area contributed by atoms with E-state index in [4.69, 9.17) is 14.2 Å². The molecule has 0 aliphatic carbocycles. The molecule has 4 aliphatic rings. The predicted molar refractivity (Wildman–Crippen MR) is 279 cm³/mol. The maximum Gasteiger partial charge on any atom is 0.260 e. The van der Waals surface area contributed by atoms with Gasteiger partial charge in [-0.3, -0.25) is 19.2 Å². The average molecular weight is 967 g/mol. The number of para-hydroxylation sites is 2. The fourth-order valence-corrected chi connectivity index (χ4v) is 12.8. The fraction of sp³-hybridized carbons (Fsp3) is 0.393. The quantitative estimate of drug-likeness (QED) is 0.0672. The number of Topliss-reactive ketones (excluding diaryl/α,β-unsaturated/α-hetero) is 1. The highest BCUT2D eigenvalue weighted by Crippen LogP contribution is 2.43. The zero-order valence-electron chi connectivity index (χ0n) is 40.5. The maximum atomic E-state index is 14.2. The number of methoxy groups -OCH3 is 1. The van der Waals surface area contributed by atoms with E-state index in [0.29, 0.717) is 72.1 Å². The number of ether oxygens (including phenoxy) is 3. The Morgan fingerprint density at radius 3 is 2.10 bits per heavy atom. The number of amides is 3. The van der Waals surface area contributed by atoms with Crippen LogP contribution in [0.4, 0.5) is 22.7 Å². The van der Waals surface area contributed by atoms with Crippen LogP contribution in [-0.2, 0) is 42.1 Å². The van der Waals surface area contributed by atoms with Crippen LogP contribution >= 0.6 is 21.6 Å². The number of nitrogens with one attached hydrogen (secondary N) is 1. The molecule has 4 heterocycles. The third-order valence-electron chi connectivity index (χ3n) is 13.8. The first-order valence-electron chi connectivity index (χ1n) is 24.2. The SMILES string of the molecule is CCC(=O)CCCSSC(C)(C)CCC(=O)Nc1cc(COc2cc3c(cc2C)C(=O)N2c4ccccc4C[C@H]2CN3C)cc(COc2cc3c(cc2OC)C(=O)N2c4ccccc4C[C@H]2CC3)c1. The molecule has 0 saturated heterocycles. The van der Waals surface area contributed by atoms with Crippen LogP contribution in [0.2, 0.25) is 0 Å². The Balaban J connectivity index is 0.931. The summed E-state index contributed by atoms with van der Waals surface area (Å²) in [5.74, 6) is 2.75. The molecule has 0 spiro atoms. The number of carbonyl (C=O) groups excluding carboxylic acids is 4. The molecule has 0 fully saturated rings. The molecule has 2 atom stereocenters. The van der Waals surface area contributed by atoms with Crippen LogP contribution in [0.5, 0.6) is 17.2 Å². The Morgan fingerprint density at radius 1 is 0.754 bits per heavy atom. The summed E-state index contributed by atoms with van der Waals surface area (Å²) in [5, 5.41) is 3.17. The van der Waals surface area contributed by atoms with Gasteiger partial charge in [0.2, 0.25) is 5.91 Å². The zero-order chi connectivity index (χ0) is 48.4. The molecule has 0 aromatic heterocycles. The van der Waals surface area contributed by atoms with Crippen LogP contribution in [0, 0.1) is 6.92 Å². The van der Waals surface area contributed by atoms with Gasteiger partial charge >= 0.3 is 0 Å². The first-order chi connectivity index (χ1) is 33.3. The van der Waals surface area contributed by atoms with Gasteiger partial charge in [0.05, 0.1) is 24.4 Å². The maximum absolute atomic E-state index is 14.2. The third kappa shape index (κ3) is 10.5. The second-order valence-electron chi connectivity index (χ2n) is 19.4. The molecule has 11 nitrogen and oxygen atoms in total. The molecule has 5 aromatic rings. The van der Waals surface area contributed by atoms with Gasteiger partial charge in [-0.15, -0.1) is 0 Å². The number of aryl methyl sites for hydroxylation is 2. The van der Waals surface area contributed by atoms with Gasteiger partial charge in [-0.1, -0.05) is 64.9 Å². The number of benzene rings is 5. The van der Waals surface area contributed by atoms with Gasteiger partial charge in [0, 0.05) is 78.1 Å². The summed E-state index contributed by atoms with van der Waals surface area (Å²) in [6.45, 7) is 9.23. The highest BCUT2D eigenvalue weighted by atomic mass is 33.1. The van der Waals surface area contributed by atoms with Crippen LogP contribution in [0.3, 0.4) is 0 Å². The first-order valence-corrected chi connectivity index (χ1v) is 26.5. The van der Waals surface area contributed by atoms with Gasteiger partial charge in [0.1, 0.15) is 24.7 Å². The molecule has 0 radical (unpaired) electrons. The Bertz CT molecular complexity index is 2790. The standard InChI is InChI=1S/C56H62N4O7S2/c1-7-44(61)15-12-22-68-69-56(3,4)21-20-53(62)57-41-25-36(33-66-50-31-49-46(23-35(50)2)55(64)60-43(32-58(49)5)28-40-14-9-11-17-48(40)60)24-37(26-41)34-67-52-29-38-18-19-42-27-39-13-8-10-16-47(39)59(42)54(63)45(38)30-51(52)65-6/h8-11,13-14,16-17,23-26,29-31,42-43H,7,12,15,18-22,27-28,32-34H2,1-6H3,(H,57,62)/t42-,43+/m1/s1. The number of anilines is 4. The van der Waals surface area contributed by atoms with Crippen molar-refractivity contribution in [1.82, 2.24) is 0 Å². The second-order valence-corrected chi connectivity index (χ2v) is 22.5. The number of carbonyl (C=O) groups is 4. The smallest absolute Gasteiger partial charge is 0.260 e. The van der Waals surface area contributed by atoms with Gasteiger partial charge in [0.15, 0.2) is 11.5 Å². The molecule has 5 aromatic carbocycles. The molecule has 3 amide bonds. The first kappa shape index (κ1) is 48.1. The van der Waals surface area contributed by atoms with Crippen molar-refractivity contribution in [1.29, 1.82) is 0 Å². The highest BCUT2D eigenvalue weighted by molar-refractivity contribution is 8.77. The molecule has 0 bridgehead atoms. The van der Waals surface area contributed by atoms with Crippen LogP contribution in [0.15, 0.2) is 91.0 Å². The lowest BCUT2D eigenvalue weighted by Gasteiger charge is -2.25. The Morgan fingerprint density at radius 2 is 1.41 bits per heavy atom. The van der Waals surface area contributed by atoms with Gasteiger partial charge in [0.25, 0.3) is 11.8 Å². The third-order valence-corrected chi connectivity index (χ3v) is 17.2. The summed E-state index contributed by atoms with van der Waals surface area (Å²) >= 11 is 0. The lowest BCUT2D eigenvalue weighted by Crippen LogP contribution is -2.41. The van der Waals surface area contributed by atoms with Crippen molar-refractivity contribution < 1.29 is 33.4 Å². The van der Waals surface area contributed by atoms with Crippen molar-refractivity contribution in [3.05, 3.63) is 136 Å². The second kappa shape index (κ2) is 20.6. The Hall–Kier alpha value is -5.92. The normalized spacial score (nSPS) is 16.9. The van der Waals surface area contributed by atoms with Gasteiger partial charge in [-0.2, -0.15) is 0 Å². The number of nitrogens with zero attached hydrogens (tertiary/aromatic N) is 3. The summed E-state index contributed by atoms with van der Waals surface area (Å²) in [4.78, 5) is 59.8. The number of likely N-dealkylation sites (N-methyl/N-ethyl adjacent to an activating group) is 1. The monoisotopic (exact) mass is 966 g/mol. The van der Waals surface area contributed by atoms with Gasteiger partial charge < -0.3 is 34.2 Å². The largest absolute Gasteiger partial charge is 0.493 e. The van der Waals surface area contributed by atoms with Crippen LogP contribution < -0.4 is 34.2 Å². The van der Waals surface area contributed by atoms with Crippen LogP contribution in [0.1, 0.15) is 113 Å².